The number of rotatable bonds is 9. The first-order valence-corrected chi connectivity index (χ1v) is 8.02. The van der Waals surface area contributed by atoms with Gasteiger partial charge in [-0.25, -0.2) is 4.98 Å². The summed E-state index contributed by atoms with van der Waals surface area (Å²) < 4.78 is 0. The van der Waals surface area contributed by atoms with E-state index in [1.807, 2.05) is 0 Å². The van der Waals surface area contributed by atoms with Gasteiger partial charge >= 0.3 is 0 Å². The van der Waals surface area contributed by atoms with E-state index >= 15 is 0 Å². The minimum Gasteiger partial charge on any atom is -0.344 e. The van der Waals surface area contributed by atoms with Crippen molar-refractivity contribution in [3.63, 3.8) is 0 Å². The van der Waals surface area contributed by atoms with E-state index in [0.29, 0.717) is 6.04 Å². The van der Waals surface area contributed by atoms with Gasteiger partial charge in [-0.1, -0.05) is 6.92 Å². The molecule has 19 heavy (non-hydrogen) atoms. The summed E-state index contributed by atoms with van der Waals surface area (Å²) in [6.45, 7) is 10.6. The molecule has 0 spiro atoms. The van der Waals surface area contributed by atoms with Gasteiger partial charge in [0, 0.05) is 31.1 Å². The molecule has 1 atom stereocenters. The highest BCUT2D eigenvalue weighted by Crippen LogP contribution is 2.22. The van der Waals surface area contributed by atoms with Crippen LogP contribution in [0.3, 0.4) is 0 Å². The topological polar surface area (TPSA) is 31.4 Å². The molecule has 1 N–H and O–H groups in total. The van der Waals surface area contributed by atoms with Crippen LogP contribution in [0.15, 0.2) is 5.38 Å². The van der Waals surface area contributed by atoms with Crippen molar-refractivity contribution in [3.05, 3.63) is 11.1 Å². The Hall–Kier alpha value is -0.650. The van der Waals surface area contributed by atoms with Crippen LogP contribution >= 0.6 is 11.3 Å². The van der Waals surface area contributed by atoms with Gasteiger partial charge in [0.15, 0.2) is 5.13 Å². The number of aromatic nitrogens is 1. The number of likely N-dealkylation sites (N-methyl/N-ethyl adjacent to an activating group) is 2. The lowest BCUT2D eigenvalue weighted by Gasteiger charge is -2.29. The number of hydrogen-bond acceptors (Lipinski definition) is 5. The lowest BCUT2D eigenvalue weighted by molar-refractivity contribution is 0.373. The van der Waals surface area contributed by atoms with Crippen LogP contribution in [0.4, 0.5) is 5.13 Å². The SMILES string of the molecule is CCCNCc1csc(N(CC)C(C)CN(C)C)n1. The van der Waals surface area contributed by atoms with Gasteiger partial charge in [0.05, 0.1) is 5.69 Å². The quantitative estimate of drug-likeness (QED) is 0.706. The van der Waals surface area contributed by atoms with Gasteiger partial charge in [-0.05, 0) is 40.9 Å². The zero-order chi connectivity index (χ0) is 14.3. The van der Waals surface area contributed by atoms with Crippen molar-refractivity contribution in [1.82, 2.24) is 15.2 Å². The average Bonchev–Trinajstić information content (AvgIpc) is 2.78. The summed E-state index contributed by atoms with van der Waals surface area (Å²) in [5.74, 6) is 0. The van der Waals surface area contributed by atoms with Gasteiger partial charge in [-0.2, -0.15) is 0 Å². The third-order valence-corrected chi connectivity index (χ3v) is 3.95. The lowest BCUT2D eigenvalue weighted by Crippen LogP contribution is -2.40. The van der Waals surface area contributed by atoms with E-state index in [1.165, 1.54) is 0 Å². The molecule has 1 aromatic heterocycles. The van der Waals surface area contributed by atoms with Crippen molar-refractivity contribution in [1.29, 1.82) is 0 Å². The second-order valence-corrected chi connectivity index (χ2v) is 6.03. The maximum absolute atomic E-state index is 4.75. The molecule has 0 fully saturated rings. The van der Waals surface area contributed by atoms with Crippen LogP contribution in [-0.2, 0) is 6.54 Å². The number of nitrogens with zero attached hydrogens (tertiary/aromatic N) is 3. The summed E-state index contributed by atoms with van der Waals surface area (Å²) in [6, 6.07) is 0.489. The van der Waals surface area contributed by atoms with Gasteiger partial charge < -0.3 is 15.1 Å². The number of anilines is 1. The average molecular weight is 284 g/mol. The van der Waals surface area contributed by atoms with Crippen molar-refractivity contribution >= 4 is 16.5 Å². The molecule has 0 aliphatic carbocycles. The molecule has 1 heterocycles. The maximum atomic E-state index is 4.75. The molecule has 1 rings (SSSR count). The highest BCUT2D eigenvalue weighted by Gasteiger charge is 2.16. The van der Waals surface area contributed by atoms with Crippen LogP contribution < -0.4 is 10.2 Å². The maximum Gasteiger partial charge on any atom is 0.185 e. The summed E-state index contributed by atoms with van der Waals surface area (Å²) in [7, 11) is 4.23. The molecule has 110 valence electrons. The fourth-order valence-electron chi connectivity index (χ4n) is 2.17. The Morgan fingerprint density at radius 3 is 2.68 bits per heavy atom. The molecule has 1 unspecified atom stereocenters. The van der Waals surface area contributed by atoms with Crippen molar-refractivity contribution in [2.24, 2.45) is 0 Å². The molecule has 0 amide bonds. The third-order valence-electron chi connectivity index (χ3n) is 3.02. The first-order valence-electron chi connectivity index (χ1n) is 7.14. The van der Waals surface area contributed by atoms with Crippen LogP contribution in [0.25, 0.3) is 0 Å². The summed E-state index contributed by atoms with van der Waals surface area (Å²) in [4.78, 5) is 9.35. The van der Waals surface area contributed by atoms with E-state index in [2.05, 4.69) is 55.4 Å². The summed E-state index contributed by atoms with van der Waals surface area (Å²) in [6.07, 6.45) is 1.16. The van der Waals surface area contributed by atoms with Crippen LogP contribution in [0.5, 0.6) is 0 Å². The molecular weight excluding hydrogens is 256 g/mol. The zero-order valence-electron chi connectivity index (χ0n) is 12.9. The van der Waals surface area contributed by atoms with Gasteiger partial charge in [0.25, 0.3) is 0 Å². The van der Waals surface area contributed by atoms with Gasteiger partial charge in [0.2, 0.25) is 0 Å². The summed E-state index contributed by atoms with van der Waals surface area (Å²) in [5.41, 5.74) is 1.16. The van der Waals surface area contributed by atoms with Gasteiger partial charge in [-0.15, -0.1) is 11.3 Å². The van der Waals surface area contributed by atoms with E-state index in [4.69, 9.17) is 4.98 Å². The summed E-state index contributed by atoms with van der Waals surface area (Å²) >= 11 is 1.75. The van der Waals surface area contributed by atoms with Crippen LogP contribution in [0.2, 0.25) is 0 Å². The van der Waals surface area contributed by atoms with Crippen molar-refractivity contribution in [2.75, 3.05) is 38.6 Å². The van der Waals surface area contributed by atoms with E-state index in [-0.39, 0.29) is 0 Å². The van der Waals surface area contributed by atoms with Crippen LogP contribution in [0.1, 0.15) is 32.9 Å². The minimum absolute atomic E-state index is 0.489. The monoisotopic (exact) mass is 284 g/mol. The van der Waals surface area contributed by atoms with E-state index in [1.54, 1.807) is 11.3 Å². The molecule has 0 bridgehead atoms. The molecular formula is C14H28N4S. The molecule has 4 nitrogen and oxygen atoms in total. The van der Waals surface area contributed by atoms with Gasteiger partial charge in [0.1, 0.15) is 0 Å². The van der Waals surface area contributed by atoms with Crippen LogP contribution in [0, 0.1) is 0 Å². The predicted molar refractivity (Wildman–Crippen MR) is 85.1 cm³/mol. The largest absolute Gasteiger partial charge is 0.344 e. The molecule has 0 aliphatic heterocycles. The Bertz CT molecular complexity index is 351. The predicted octanol–water partition coefficient (Wildman–Crippen LogP) is 2.42. The van der Waals surface area contributed by atoms with Crippen molar-refractivity contribution in [3.8, 4) is 0 Å². The number of hydrogen-bond donors (Lipinski definition) is 1. The number of thiazole rings is 1. The second kappa shape index (κ2) is 8.51. The normalized spacial score (nSPS) is 12.9. The first-order chi connectivity index (χ1) is 9.08. The van der Waals surface area contributed by atoms with E-state index in [0.717, 1.165) is 43.4 Å². The van der Waals surface area contributed by atoms with E-state index < -0.39 is 0 Å². The standard InChI is InChI=1S/C14H28N4S/c1-6-8-15-9-13-11-19-14(16-13)18(7-2)12(3)10-17(4)5/h11-12,15H,6-10H2,1-5H3. The Labute approximate surface area is 121 Å². The molecule has 0 aromatic carbocycles. The molecule has 1 aromatic rings. The second-order valence-electron chi connectivity index (χ2n) is 5.20. The Morgan fingerprint density at radius 2 is 2.11 bits per heavy atom. The third kappa shape index (κ3) is 5.47. The van der Waals surface area contributed by atoms with Gasteiger partial charge in [-0.3, -0.25) is 0 Å². The number of nitrogens with one attached hydrogen (secondary N) is 1. The molecule has 0 saturated heterocycles. The molecule has 0 saturated carbocycles. The van der Waals surface area contributed by atoms with Crippen molar-refractivity contribution < 1.29 is 0 Å². The Balaban J connectivity index is 2.60. The molecule has 0 radical (unpaired) electrons. The molecule has 5 heteroatoms. The molecule has 0 aliphatic rings. The Morgan fingerprint density at radius 1 is 1.37 bits per heavy atom. The summed E-state index contributed by atoms with van der Waals surface area (Å²) in [5, 5.41) is 6.71. The smallest absolute Gasteiger partial charge is 0.185 e. The minimum atomic E-state index is 0.489. The zero-order valence-corrected chi connectivity index (χ0v) is 13.8. The van der Waals surface area contributed by atoms with Crippen LogP contribution in [-0.4, -0.2) is 49.7 Å². The Kier molecular flexibility index (Phi) is 7.34. The fourth-order valence-corrected chi connectivity index (χ4v) is 3.16. The highest BCUT2D eigenvalue weighted by molar-refractivity contribution is 7.13. The first kappa shape index (κ1) is 16.4. The highest BCUT2D eigenvalue weighted by atomic mass is 32.1. The van der Waals surface area contributed by atoms with Crippen molar-refractivity contribution in [2.45, 2.75) is 39.8 Å². The fraction of sp³-hybridized carbons (Fsp3) is 0.786. The van der Waals surface area contributed by atoms with E-state index in [9.17, 15) is 0 Å². The lowest BCUT2D eigenvalue weighted by atomic mass is 10.3.